The number of aliphatic hydroxyl groups excluding tert-OH is 1. The molecule has 1 aromatic rings. The molecule has 0 saturated carbocycles. The smallest absolute Gasteiger partial charge is 0.115 e. The van der Waals surface area contributed by atoms with Crippen LogP contribution in [0, 0.1) is 0 Å². The first-order valence-electron chi connectivity index (χ1n) is 4.29. The van der Waals surface area contributed by atoms with Gasteiger partial charge in [0.05, 0.1) is 6.10 Å². The van der Waals surface area contributed by atoms with Crippen molar-refractivity contribution < 1.29 is 5.11 Å². The van der Waals surface area contributed by atoms with Crippen molar-refractivity contribution in [2.24, 2.45) is 0 Å². The molecule has 1 aromatic heterocycles. The minimum Gasteiger partial charge on any atom is -0.393 e. The van der Waals surface area contributed by atoms with Gasteiger partial charge < -0.3 is 5.11 Å². The maximum absolute atomic E-state index is 9.00. The second kappa shape index (κ2) is 5.94. The fourth-order valence-corrected chi connectivity index (χ4v) is 1.76. The number of nitrogens with zero attached hydrogens (tertiary/aromatic N) is 2. The Balaban J connectivity index is 2.13. The minimum absolute atomic E-state index is 0.213. The summed E-state index contributed by atoms with van der Waals surface area (Å²) in [7, 11) is 0. The van der Waals surface area contributed by atoms with E-state index in [0.29, 0.717) is 0 Å². The maximum atomic E-state index is 9.00. The van der Waals surface area contributed by atoms with Crippen LogP contribution in [0.15, 0.2) is 18.6 Å². The number of thioether (sulfide) groups is 1. The van der Waals surface area contributed by atoms with E-state index in [1.54, 1.807) is 31.2 Å². The zero-order valence-corrected chi connectivity index (χ0v) is 8.50. The first kappa shape index (κ1) is 10.5. The van der Waals surface area contributed by atoms with Crippen LogP contribution in [0.25, 0.3) is 0 Å². The van der Waals surface area contributed by atoms with Gasteiger partial charge in [-0.3, -0.25) is 0 Å². The van der Waals surface area contributed by atoms with Crippen LogP contribution in [-0.2, 0) is 6.42 Å². The van der Waals surface area contributed by atoms with Gasteiger partial charge in [-0.15, -0.1) is 0 Å². The Morgan fingerprint density at radius 3 is 3.08 bits per heavy atom. The molecule has 1 heterocycles. The Labute approximate surface area is 82.6 Å². The molecule has 0 aromatic carbocycles. The molecule has 0 fully saturated rings. The number of aliphatic hydroxyl groups is 1. The van der Waals surface area contributed by atoms with Crippen LogP contribution in [0.5, 0.6) is 0 Å². The molecule has 0 spiro atoms. The van der Waals surface area contributed by atoms with Gasteiger partial charge in [0.25, 0.3) is 0 Å². The largest absolute Gasteiger partial charge is 0.393 e. The lowest BCUT2D eigenvalue weighted by molar-refractivity contribution is 0.220. The Morgan fingerprint density at radius 1 is 1.62 bits per heavy atom. The zero-order chi connectivity index (χ0) is 9.52. The normalized spacial score (nSPS) is 12.8. The van der Waals surface area contributed by atoms with Gasteiger partial charge in [-0.25, -0.2) is 9.97 Å². The van der Waals surface area contributed by atoms with Gasteiger partial charge in [0.1, 0.15) is 6.33 Å². The second-order valence-electron chi connectivity index (χ2n) is 2.87. The maximum Gasteiger partial charge on any atom is 0.115 e. The average Bonchev–Trinajstić information content (AvgIpc) is 2.14. The van der Waals surface area contributed by atoms with Gasteiger partial charge in [0.2, 0.25) is 0 Å². The van der Waals surface area contributed by atoms with Crippen molar-refractivity contribution in [3.63, 3.8) is 0 Å². The van der Waals surface area contributed by atoms with Crippen molar-refractivity contribution in [3.05, 3.63) is 24.3 Å². The first-order valence-corrected chi connectivity index (χ1v) is 5.45. The Morgan fingerprint density at radius 2 is 2.46 bits per heavy atom. The van der Waals surface area contributed by atoms with Crippen LogP contribution in [0.4, 0.5) is 0 Å². The van der Waals surface area contributed by atoms with Gasteiger partial charge >= 0.3 is 0 Å². The van der Waals surface area contributed by atoms with E-state index in [-0.39, 0.29) is 6.10 Å². The summed E-state index contributed by atoms with van der Waals surface area (Å²) in [5.41, 5.74) is 1.06. The van der Waals surface area contributed by atoms with E-state index < -0.39 is 0 Å². The third-order valence-corrected chi connectivity index (χ3v) is 2.72. The van der Waals surface area contributed by atoms with Crippen molar-refractivity contribution in [3.8, 4) is 0 Å². The van der Waals surface area contributed by atoms with Crippen molar-refractivity contribution in [1.29, 1.82) is 0 Å². The first-order chi connectivity index (χ1) is 6.29. The highest BCUT2D eigenvalue weighted by atomic mass is 32.2. The number of aryl methyl sites for hydroxylation is 1. The summed E-state index contributed by atoms with van der Waals surface area (Å²) in [5, 5.41) is 9.00. The molecule has 0 saturated heterocycles. The van der Waals surface area contributed by atoms with Gasteiger partial charge in [-0.2, -0.15) is 11.8 Å². The molecular formula is C9H14N2OS. The molecule has 1 unspecified atom stereocenters. The molecule has 0 aliphatic heterocycles. The summed E-state index contributed by atoms with van der Waals surface area (Å²) < 4.78 is 0. The third-order valence-electron chi connectivity index (χ3n) is 1.50. The van der Waals surface area contributed by atoms with E-state index in [4.69, 9.17) is 5.11 Å². The highest BCUT2D eigenvalue weighted by Gasteiger charge is 1.97. The van der Waals surface area contributed by atoms with E-state index in [1.807, 2.05) is 6.07 Å². The summed E-state index contributed by atoms with van der Waals surface area (Å²) in [5.74, 6) is 1.80. The quantitative estimate of drug-likeness (QED) is 0.720. The molecule has 0 radical (unpaired) electrons. The highest BCUT2D eigenvalue weighted by molar-refractivity contribution is 7.99. The number of aromatic nitrogens is 2. The summed E-state index contributed by atoms with van der Waals surface area (Å²) in [4.78, 5) is 7.95. The van der Waals surface area contributed by atoms with E-state index in [2.05, 4.69) is 9.97 Å². The topological polar surface area (TPSA) is 46.0 Å². The molecular weight excluding hydrogens is 184 g/mol. The van der Waals surface area contributed by atoms with E-state index in [0.717, 1.165) is 23.6 Å². The number of hydrogen-bond donors (Lipinski definition) is 1. The Kier molecular flexibility index (Phi) is 4.78. The lowest BCUT2D eigenvalue weighted by atomic mass is 10.3. The molecule has 0 bridgehead atoms. The van der Waals surface area contributed by atoms with Crippen molar-refractivity contribution >= 4 is 11.8 Å². The number of rotatable bonds is 5. The average molecular weight is 198 g/mol. The zero-order valence-electron chi connectivity index (χ0n) is 7.68. The molecule has 13 heavy (non-hydrogen) atoms. The lowest BCUT2D eigenvalue weighted by Gasteiger charge is -2.02. The highest BCUT2D eigenvalue weighted by Crippen LogP contribution is 2.05. The lowest BCUT2D eigenvalue weighted by Crippen LogP contribution is -2.04. The molecule has 0 aliphatic carbocycles. The van der Waals surface area contributed by atoms with E-state index in [1.165, 1.54) is 0 Å². The van der Waals surface area contributed by atoms with Gasteiger partial charge in [-0.1, -0.05) is 0 Å². The van der Waals surface area contributed by atoms with Crippen LogP contribution in [0.1, 0.15) is 12.6 Å². The second-order valence-corrected chi connectivity index (χ2v) is 4.02. The predicted octanol–water partition coefficient (Wildman–Crippen LogP) is 1.13. The van der Waals surface area contributed by atoms with Gasteiger partial charge in [-0.05, 0) is 25.2 Å². The summed E-state index contributed by atoms with van der Waals surface area (Å²) in [6.45, 7) is 1.80. The standard InChI is InChI=1S/C9H14N2OS/c1-8(12)6-13-5-3-9-2-4-10-7-11-9/h2,4,7-8,12H,3,5-6H2,1H3. The van der Waals surface area contributed by atoms with Crippen molar-refractivity contribution in [2.75, 3.05) is 11.5 Å². The predicted molar refractivity (Wildman–Crippen MR) is 54.7 cm³/mol. The van der Waals surface area contributed by atoms with E-state index in [9.17, 15) is 0 Å². The number of hydrogen-bond acceptors (Lipinski definition) is 4. The molecule has 0 aliphatic rings. The molecule has 0 amide bonds. The summed E-state index contributed by atoms with van der Waals surface area (Å²) >= 11 is 1.75. The monoisotopic (exact) mass is 198 g/mol. The van der Waals surface area contributed by atoms with Crippen LogP contribution in [0.3, 0.4) is 0 Å². The molecule has 72 valence electrons. The Bertz CT molecular complexity index is 228. The molecule has 1 N–H and O–H groups in total. The summed E-state index contributed by atoms with van der Waals surface area (Å²) in [6.07, 6.45) is 4.05. The van der Waals surface area contributed by atoms with Crippen molar-refractivity contribution in [1.82, 2.24) is 9.97 Å². The summed E-state index contributed by atoms with van der Waals surface area (Å²) in [6, 6.07) is 1.92. The fraction of sp³-hybridized carbons (Fsp3) is 0.556. The SMILES string of the molecule is CC(O)CSCCc1ccncn1. The van der Waals surface area contributed by atoms with Crippen LogP contribution in [0.2, 0.25) is 0 Å². The van der Waals surface area contributed by atoms with Crippen LogP contribution in [-0.4, -0.2) is 32.7 Å². The molecule has 3 nitrogen and oxygen atoms in total. The molecule has 1 atom stereocenters. The molecule has 4 heteroatoms. The van der Waals surface area contributed by atoms with Crippen molar-refractivity contribution in [2.45, 2.75) is 19.4 Å². The van der Waals surface area contributed by atoms with Gasteiger partial charge in [0, 0.05) is 17.6 Å². The fourth-order valence-electron chi connectivity index (χ4n) is 0.897. The third kappa shape index (κ3) is 4.85. The van der Waals surface area contributed by atoms with E-state index >= 15 is 0 Å². The van der Waals surface area contributed by atoms with Crippen LogP contribution >= 0.6 is 11.8 Å². The van der Waals surface area contributed by atoms with Gasteiger partial charge in [0.15, 0.2) is 0 Å². The van der Waals surface area contributed by atoms with Crippen LogP contribution < -0.4 is 0 Å². The minimum atomic E-state index is -0.213. The Hall–Kier alpha value is -0.610. The molecule has 1 rings (SSSR count).